The maximum absolute atomic E-state index is 10.3. The molecule has 0 fully saturated rings. The minimum absolute atomic E-state index is 0.576. The van der Waals surface area contributed by atoms with Crippen LogP contribution in [0.15, 0.2) is 12.8 Å². The topological polar surface area (TPSA) is 40.5 Å². The molecule has 0 amide bonds. The van der Waals surface area contributed by atoms with E-state index >= 15 is 0 Å². The molecule has 0 aliphatic rings. The quantitative estimate of drug-likeness (QED) is 0.605. The summed E-state index contributed by atoms with van der Waals surface area (Å²) in [7, 11) is 0. The van der Waals surface area contributed by atoms with E-state index in [1.165, 1.54) is 10.5 Å². The van der Waals surface area contributed by atoms with Gasteiger partial charge in [0, 0.05) is 12.7 Å². The first kappa shape index (κ1) is 8.65. The van der Waals surface area contributed by atoms with Crippen molar-refractivity contribution in [2.75, 3.05) is 6.54 Å². The first-order chi connectivity index (χ1) is 4.22. The largest absolute Gasteiger partial charge is 0.289 e. The second-order valence-corrected chi connectivity index (χ2v) is 2.48. The fraction of sp³-hybridized carbons (Fsp3) is 0.600. The van der Waals surface area contributed by atoms with Crippen LogP contribution >= 0.6 is 0 Å². The SMILES string of the molecule is C=CN(CCC)S(=O)O. The fourth-order valence-corrected chi connectivity index (χ4v) is 0.920. The van der Waals surface area contributed by atoms with Crippen LogP contribution in [0.5, 0.6) is 0 Å². The van der Waals surface area contributed by atoms with Gasteiger partial charge in [0.05, 0.1) is 0 Å². The highest BCUT2D eigenvalue weighted by molar-refractivity contribution is 7.76. The summed E-state index contributed by atoms with van der Waals surface area (Å²) < 4.78 is 20.0. The van der Waals surface area contributed by atoms with E-state index in [0.29, 0.717) is 6.54 Å². The molecule has 0 bridgehead atoms. The highest BCUT2D eigenvalue weighted by Gasteiger charge is 2.00. The van der Waals surface area contributed by atoms with E-state index in [0.717, 1.165) is 6.42 Å². The maximum Gasteiger partial charge on any atom is 0.261 e. The number of rotatable bonds is 4. The molecule has 1 unspecified atom stereocenters. The van der Waals surface area contributed by atoms with E-state index in [-0.39, 0.29) is 0 Å². The normalized spacial score (nSPS) is 12.7. The smallest absolute Gasteiger partial charge is 0.261 e. The summed E-state index contributed by atoms with van der Waals surface area (Å²) in [6.07, 6.45) is 2.21. The zero-order valence-electron chi connectivity index (χ0n) is 5.41. The lowest BCUT2D eigenvalue weighted by Crippen LogP contribution is -2.19. The van der Waals surface area contributed by atoms with Gasteiger partial charge in [-0.15, -0.1) is 0 Å². The van der Waals surface area contributed by atoms with Gasteiger partial charge < -0.3 is 0 Å². The predicted molar refractivity (Wildman–Crippen MR) is 38.0 cm³/mol. The van der Waals surface area contributed by atoms with Crippen molar-refractivity contribution in [1.29, 1.82) is 0 Å². The van der Waals surface area contributed by atoms with Crippen LogP contribution in [0.4, 0.5) is 0 Å². The van der Waals surface area contributed by atoms with Crippen molar-refractivity contribution in [3.63, 3.8) is 0 Å². The van der Waals surface area contributed by atoms with Gasteiger partial charge in [0.25, 0.3) is 11.3 Å². The Kier molecular flexibility index (Phi) is 4.35. The molecule has 54 valence electrons. The average molecular weight is 149 g/mol. The molecular weight excluding hydrogens is 138 g/mol. The Morgan fingerprint density at radius 3 is 2.56 bits per heavy atom. The molecule has 1 N–H and O–H groups in total. The molecule has 0 aromatic rings. The highest BCUT2D eigenvalue weighted by atomic mass is 32.2. The maximum atomic E-state index is 10.3. The third-order valence-electron chi connectivity index (χ3n) is 0.848. The van der Waals surface area contributed by atoms with E-state index < -0.39 is 11.3 Å². The second-order valence-electron chi connectivity index (χ2n) is 1.55. The molecule has 0 aromatic carbocycles. The predicted octanol–water partition coefficient (Wildman–Crippen LogP) is 0.979. The summed E-state index contributed by atoms with van der Waals surface area (Å²) in [6, 6.07) is 0. The van der Waals surface area contributed by atoms with Gasteiger partial charge in [-0.3, -0.25) is 8.86 Å². The molecule has 3 nitrogen and oxygen atoms in total. The van der Waals surface area contributed by atoms with Gasteiger partial charge in [-0.05, 0) is 6.42 Å². The summed E-state index contributed by atoms with van der Waals surface area (Å²) in [6.45, 7) is 5.88. The lowest BCUT2D eigenvalue weighted by atomic mass is 10.5. The van der Waals surface area contributed by atoms with E-state index in [9.17, 15) is 4.21 Å². The van der Waals surface area contributed by atoms with E-state index in [1.54, 1.807) is 0 Å². The third-order valence-corrected chi connectivity index (χ3v) is 1.58. The fourth-order valence-electron chi connectivity index (χ4n) is 0.454. The summed E-state index contributed by atoms with van der Waals surface area (Å²) in [5.41, 5.74) is 0. The molecule has 4 heteroatoms. The lowest BCUT2D eigenvalue weighted by Gasteiger charge is -2.11. The first-order valence-corrected chi connectivity index (χ1v) is 3.79. The van der Waals surface area contributed by atoms with Gasteiger partial charge in [-0.25, -0.2) is 4.21 Å². The van der Waals surface area contributed by atoms with Crippen LogP contribution in [-0.2, 0) is 11.3 Å². The second kappa shape index (κ2) is 4.52. The van der Waals surface area contributed by atoms with Crippen molar-refractivity contribution < 1.29 is 8.76 Å². The molecule has 0 aromatic heterocycles. The Morgan fingerprint density at radius 1 is 1.89 bits per heavy atom. The van der Waals surface area contributed by atoms with Gasteiger partial charge in [0.1, 0.15) is 0 Å². The first-order valence-electron chi connectivity index (χ1n) is 2.72. The van der Waals surface area contributed by atoms with Gasteiger partial charge in [-0.1, -0.05) is 13.5 Å². The summed E-state index contributed by atoms with van der Waals surface area (Å²) in [5, 5.41) is 0. The molecule has 0 spiro atoms. The van der Waals surface area contributed by atoms with E-state index in [1.807, 2.05) is 6.92 Å². The zero-order chi connectivity index (χ0) is 7.28. The molecule has 1 atom stereocenters. The molecule has 0 heterocycles. The van der Waals surface area contributed by atoms with Crippen LogP contribution in [0.3, 0.4) is 0 Å². The van der Waals surface area contributed by atoms with Crippen molar-refractivity contribution in [2.45, 2.75) is 13.3 Å². The van der Waals surface area contributed by atoms with Crippen LogP contribution in [0.2, 0.25) is 0 Å². The van der Waals surface area contributed by atoms with Crippen LogP contribution in [0.25, 0.3) is 0 Å². The van der Waals surface area contributed by atoms with Crippen LogP contribution < -0.4 is 0 Å². The number of nitrogens with zero attached hydrogens (tertiary/aromatic N) is 1. The molecule has 0 rings (SSSR count). The van der Waals surface area contributed by atoms with Gasteiger partial charge in [0.15, 0.2) is 0 Å². The Labute approximate surface area is 57.8 Å². The van der Waals surface area contributed by atoms with E-state index in [4.69, 9.17) is 4.55 Å². The van der Waals surface area contributed by atoms with Crippen molar-refractivity contribution in [1.82, 2.24) is 4.31 Å². The van der Waals surface area contributed by atoms with Crippen LogP contribution in [-0.4, -0.2) is 19.6 Å². The standard InChI is InChI=1S/C5H11NO2S/c1-3-5-6(4-2)9(7)8/h4H,2-3,5H2,1H3,(H,7,8). The Hall–Kier alpha value is -0.350. The number of hydrogen-bond acceptors (Lipinski definition) is 1. The summed E-state index contributed by atoms with van der Waals surface area (Å²) >= 11 is -1.89. The monoisotopic (exact) mass is 149 g/mol. The van der Waals surface area contributed by atoms with Crippen molar-refractivity contribution in [2.24, 2.45) is 0 Å². The van der Waals surface area contributed by atoms with Crippen molar-refractivity contribution in [3.05, 3.63) is 12.8 Å². The van der Waals surface area contributed by atoms with Crippen molar-refractivity contribution >= 4 is 11.3 Å². The van der Waals surface area contributed by atoms with Gasteiger partial charge >= 0.3 is 0 Å². The minimum atomic E-state index is -1.89. The molecule has 0 saturated heterocycles. The molecular formula is C5H11NO2S. The molecule has 0 saturated carbocycles. The average Bonchev–Trinajstić information content (AvgIpc) is 1.82. The summed E-state index contributed by atoms with van der Waals surface area (Å²) in [4.78, 5) is 0. The summed E-state index contributed by atoms with van der Waals surface area (Å²) in [5.74, 6) is 0. The Bertz CT molecular complexity index is 116. The third kappa shape index (κ3) is 3.26. The molecule has 0 aliphatic carbocycles. The zero-order valence-corrected chi connectivity index (χ0v) is 6.23. The highest BCUT2D eigenvalue weighted by Crippen LogP contribution is 1.93. The van der Waals surface area contributed by atoms with Crippen LogP contribution in [0.1, 0.15) is 13.3 Å². The van der Waals surface area contributed by atoms with Crippen LogP contribution in [0, 0.1) is 0 Å². The minimum Gasteiger partial charge on any atom is -0.289 e. The van der Waals surface area contributed by atoms with Crippen molar-refractivity contribution in [3.8, 4) is 0 Å². The van der Waals surface area contributed by atoms with Gasteiger partial charge in [0.2, 0.25) is 0 Å². The Balaban J connectivity index is 3.68. The lowest BCUT2D eigenvalue weighted by molar-refractivity contribution is 0.471. The number of hydrogen-bond donors (Lipinski definition) is 1. The Morgan fingerprint density at radius 2 is 2.44 bits per heavy atom. The molecule has 9 heavy (non-hydrogen) atoms. The van der Waals surface area contributed by atoms with E-state index in [2.05, 4.69) is 6.58 Å². The molecule has 0 aliphatic heterocycles. The van der Waals surface area contributed by atoms with Gasteiger partial charge in [-0.2, -0.15) is 0 Å². The molecule has 0 radical (unpaired) electrons.